The summed E-state index contributed by atoms with van der Waals surface area (Å²) in [6, 6.07) is 7.46. The highest BCUT2D eigenvalue weighted by Gasteiger charge is 2.28. The molecule has 8 heteroatoms. The van der Waals surface area contributed by atoms with Crippen LogP contribution in [0, 0.1) is 6.92 Å². The number of fused-ring (bicyclic) bond motifs is 2. The van der Waals surface area contributed by atoms with Gasteiger partial charge in [0.25, 0.3) is 0 Å². The highest BCUT2D eigenvalue weighted by atomic mass is 16.6. The fourth-order valence-electron chi connectivity index (χ4n) is 4.19. The molecule has 0 radical (unpaired) electrons. The number of methoxy groups -OCH3 is 1. The summed E-state index contributed by atoms with van der Waals surface area (Å²) in [5.74, 6) is -0.770. The minimum atomic E-state index is -0.530. The molecule has 1 aliphatic carbocycles. The lowest BCUT2D eigenvalue weighted by molar-refractivity contribution is 0.00684. The van der Waals surface area contributed by atoms with E-state index in [1.165, 1.54) is 18.2 Å². The van der Waals surface area contributed by atoms with Crippen molar-refractivity contribution in [3.05, 3.63) is 64.1 Å². The van der Waals surface area contributed by atoms with Crippen molar-refractivity contribution >= 4 is 17.6 Å². The summed E-state index contributed by atoms with van der Waals surface area (Å²) >= 11 is 0. The molecule has 1 atom stereocenters. The number of benzene rings is 1. The number of nitrogens with zero attached hydrogens (tertiary/aromatic N) is 3. The molecule has 32 heavy (non-hydrogen) atoms. The zero-order valence-corrected chi connectivity index (χ0v) is 19.1. The maximum Gasteiger partial charge on any atom is 0.356 e. The van der Waals surface area contributed by atoms with E-state index in [1.807, 2.05) is 39.8 Å². The molecular weight excluding hydrogens is 408 g/mol. The van der Waals surface area contributed by atoms with Gasteiger partial charge in [-0.1, -0.05) is 6.07 Å². The van der Waals surface area contributed by atoms with Crippen LogP contribution in [-0.2, 0) is 22.4 Å². The molecule has 0 unspecified atom stereocenters. The van der Waals surface area contributed by atoms with Gasteiger partial charge in [-0.15, -0.1) is 0 Å². The molecule has 8 nitrogen and oxygen atoms in total. The lowest BCUT2D eigenvalue weighted by Crippen LogP contribution is -2.24. The Morgan fingerprint density at radius 3 is 2.72 bits per heavy atom. The van der Waals surface area contributed by atoms with E-state index in [0.29, 0.717) is 17.8 Å². The minimum Gasteiger partial charge on any atom is -0.464 e. The Bertz CT molecular complexity index is 1190. The molecule has 0 bridgehead atoms. The second-order valence-corrected chi connectivity index (χ2v) is 9.01. The summed E-state index contributed by atoms with van der Waals surface area (Å²) in [6.07, 6.45) is 3.46. The van der Waals surface area contributed by atoms with Gasteiger partial charge < -0.3 is 14.8 Å². The number of ether oxygens (including phenoxy) is 2. The summed E-state index contributed by atoms with van der Waals surface area (Å²) in [7, 11) is 1.34. The first-order valence-electron chi connectivity index (χ1n) is 10.7. The number of hydrogen-bond donors (Lipinski definition) is 1. The van der Waals surface area contributed by atoms with Crippen molar-refractivity contribution in [2.24, 2.45) is 0 Å². The Kier molecular flexibility index (Phi) is 5.73. The Hall–Kier alpha value is -3.26. The van der Waals surface area contributed by atoms with E-state index < -0.39 is 11.6 Å². The first kappa shape index (κ1) is 22.0. The van der Waals surface area contributed by atoms with E-state index in [9.17, 15) is 9.59 Å². The first-order chi connectivity index (χ1) is 15.2. The molecule has 1 N–H and O–H groups in total. The van der Waals surface area contributed by atoms with Crippen molar-refractivity contribution in [2.75, 3.05) is 7.11 Å². The van der Waals surface area contributed by atoms with Gasteiger partial charge in [-0.05, 0) is 69.4 Å². The van der Waals surface area contributed by atoms with E-state index in [2.05, 4.69) is 15.4 Å². The SMILES string of the molecule is COC(=O)c1cc(CN[C@H]2CCc3c2ccc(C(=O)OC(C)(C)C)c3C)n2nccc2n1. The molecule has 0 amide bonds. The summed E-state index contributed by atoms with van der Waals surface area (Å²) in [5, 5.41) is 7.90. The van der Waals surface area contributed by atoms with Crippen molar-refractivity contribution < 1.29 is 19.1 Å². The van der Waals surface area contributed by atoms with Crippen LogP contribution < -0.4 is 5.32 Å². The lowest BCUT2D eigenvalue weighted by atomic mass is 9.97. The average Bonchev–Trinajstić information content (AvgIpc) is 3.37. The number of carbonyl (C=O) groups is 2. The third-order valence-electron chi connectivity index (χ3n) is 5.67. The Morgan fingerprint density at radius 1 is 1.22 bits per heavy atom. The summed E-state index contributed by atoms with van der Waals surface area (Å²) < 4.78 is 12.1. The van der Waals surface area contributed by atoms with Crippen LogP contribution in [0.25, 0.3) is 5.65 Å². The largest absolute Gasteiger partial charge is 0.464 e. The summed E-state index contributed by atoms with van der Waals surface area (Å²) in [5.41, 5.74) is 5.11. The van der Waals surface area contributed by atoms with Crippen LogP contribution in [0.15, 0.2) is 30.5 Å². The molecule has 0 saturated carbocycles. The van der Waals surface area contributed by atoms with Crippen molar-refractivity contribution in [1.29, 1.82) is 0 Å². The van der Waals surface area contributed by atoms with Gasteiger partial charge in [-0.25, -0.2) is 19.1 Å². The topological polar surface area (TPSA) is 94.8 Å². The zero-order valence-electron chi connectivity index (χ0n) is 19.1. The monoisotopic (exact) mass is 436 g/mol. The van der Waals surface area contributed by atoms with Gasteiger partial charge in [0.05, 0.1) is 24.6 Å². The van der Waals surface area contributed by atoms with E-state index in [1.54, 1.807) is 22.8 Å². The number of hydrogen-bond acceptors (Lipinski definition) is 7. The fourth-order valence-corrected chi connectivity index (χ4v) is 4.19. The van der Waals surface area contributed by atoms with Gasteiger partial charge in [0.1, 0.15) is 5.60 Å². The van der Waals surface area contributed by atoms with Gasteiger partial charge >= 0.3 is 11.9 Å². The third kappa shape index (κ3) is 4.23. The fraction of sp³-hybridized carbons (Fsp3) is 0.417. The molecule has 0 fully saturated rings. The van der Waals surface area contributed by atoms with E-state index in [4.69, 9.17) is 9.47 Å². The van der Waals surface area contributed by atoms with Crippen molar-refractivity contribution in [2.45, 2.75) is 58.7 Å². The third-order valence-corrected chi connectivity index (χ3v) is 5.67. The summed E-state index contributed by atoms with van der Waals surface area (Å²) in [4.78, 5) is 28.9. The molecule has 0 saturated heterocycles. The molecule has 2 aromatic heterocycles. The predicted molar refractivity (Wildman–Crippen MR) is 119 cm³/mol. The first-order valence-corrected chi connectivity index (χ1v) is 10.7. The molecule has 2 heterocycles. The molecule has 3 aromatic rings. The van der Waals surface area contributed by atoms with Gasteiger partial charge in [-0.2, -0.15) is 5.10 Å². The van der Waals surface area contributed by atoms with E-state index in [-0.39, 0.29) is 17.7 Å². The Balaban J connectivity index is 1.55. The van der Waals surface area contributed by atoms with Gasteiger partial charge in [0.15, 0.2) is 11.3 Å². The second-order valence-electron chi connectivity index (χ2n) is 9.01. The number of nitrogens with one attached hydrogen (secondary N) is 1. The lowest BCUT2D eigenvalue weighted by Gasteiger charge is -2.21. The standard InChI is InChI=1S/C24H28N4O4/c1-14-16-8-9-19(18(16)7-6-17(14)22(29)32-24(2,3)4)25-13-15-12-20(23(30)31-5)27-21-10-11-26-28(15)21/h6-7,10-12,19,25H,8-9,13H2,1-5H3/t19-/m0/s1. The quantitative estimate of drug-likeness (QED) is 0.611. The van der Waals surface area contributed by atoms with Gasteiger partial charge in [0.2, 0.25) is 0 Å². The normalized spacial score (nSPS) is 15.6. The van der Waals surface area contributed by atoms with Crippen LogP contribution in [0.1, 0.15) is 76.5 Å². The molecule has 0 spiro atoms. The highest BCUT2D eigenvalue weighted by molar-refractivity contribution is 5.92. The van der Waals surface area contributed by atoms with Crippen LogP contribution in [0.5, 0.6) is 0 Å². The molecule has 168 valence electrons. The smallest absolute Gasteiger partial charge is 0.356 e. The van der Waals surface area contributed by atoms with Crippen molar-refractivity contribution in [1.82, 2.24) is 19.9 Å². The number of esters is 2. The van der Waals surface area contributed by atoms with E-state index in [0.717, 1.165) is 24.1 Å². The number of carbonyl (C=O) groups excluding carboxylic acids is 2. The minimum absolute atomic E-state index is 0.136. The molecule has 0 aliphatic heterocycles. The number of aromatic nitrogens is 3. The van der Waals surface area contributed by atoms with E-state index >= 15 is 0 Å². The van der Waals surface area contributed by atoms with Crippen molar-refractivity contribution in [3.63, 3.8) is 0 Å². The maximum atomic E-state index is 12.6. The second kappa shape index (κ2) is 8.35. The zero-order chi connectivity index (χ0) is 23.0. The van der Waals surface area contributed by atoms with Crippen LogP contribution >= 0.6 is 0 Å². The molecule has 1 aliphatic rings. The summed E-state index contributed by atoms with van der Waals surface area (Å²) in [6.45, 7) is 8.10. The molecular formula is C24H28N4O4. The van der Waals surface area contributed by atoms with Gasteiger partial charge in [-0.3, -0.25) is 0 Å². The molecule has 4 rings (SSSR count). The maximum absolute atomic E-state index is 12.6. The van der Waals surface area contributed by atoms with Crippen LogP contribution in [0.2, 0.25) is 0 Å². The van der Waals surface area contributed by atoms with Crippen LogP contribution in [-0.4, -0.2) is 39.2 Å². The Labute approximate surface area is 186 Å². The molecule has 1 aromatic carbocycles. The van der Waals surface area contributed by atoms with Crippen molar-refractivity contribution in [3.8, 4) is 0 Å². The van der Waals surface area contributed by atoms with Crippen LogP contribution in [0.3, 0.4) is 0 Å². The highest BCUT2D eigenvalue weighted by Crippen LogP contribution is 2.35. The van der Waals surface area contributed by atoms with Gasteiger partial charge in [0, 0.05) is 18.7 Å². The Morgan fingerprint density at radius 2 is 2.00 bits per heavy atom. The number of rotatable bonds is 5. The average molecular weight is 437 g/mol. The van der Waals surface area contributed by atoms with Crippen LogP contribution in [0.4, 0.5) is 0 Å². The predicted octanol–water partition coefficient (Wildman–Crippen LogP) is 3.56.